The Labute approximate surface area is 151 Å². The van der Waals surface area contributed by atoms with Crippen molar-refractivity contribution in [3.05, 3.63) is 52.4 Å². The fraction of sp³-hybridized carbons (Fsp3) is 0.421. The number of anilines is 1. The van der Waals surface area contributed by atoms with Gasteiger partial charge in [0, 0.05) is 13.0 Å². The maximum absolute atomic E-state index is 6.56. The number of nitrogens with one attached hydrogen (secondary N) is 1. The van der Waals surface area contributed by atoms with Gasteiger partial charge in [-0.05, 0) is 48.6 Å². The SMILES string of the molecule is Clc1c(NCC2Cc3ccccc3C2)cnn2c(CC3CC3)nnc12. The molecule has 2 aliphatic rings. The van der Waals surface area contributed by atoms with Crippen molar-refractivity contribution in [2.24, 2.45) is 11.8 Å². The molecule has 25 heavy (non-hydrogen) atoms. The molecule has 1 N–H and O–H groups in total. The zero-order valence-corrected chi connectivity index (χ0v) is 14.7. The summed E-state index contributed by atoms with van der Waals surface area (Å²) in [7, 11) is 0. The molecule has 0 aliphatic heterocycles. The number of nitrogens with zero attached hydrogens (tertiary/aromatic N) is 4. The number of fused-ring (bicyclic) bond motifs is 2. The molecular weight excluding hydrogens is 334 g/mol. The molecule has 0 bridgehead atoms. The number of halogens is 1. The lowest BCUT2D eigenvalue weighted by atomic mass is 10.1. The lowest BCUT2D eigenvalue weighted by Crippen LogP contribution is -2.15. The van der Waals surface area contributed by atoms with Gasteiger partial charge in [-0.25, -0.2) is 0 Å². The molecule has 0 saturated heterocycles. The van der Waals surface area contributed by atoms with Gasteiger partial charge in [0.25, 0.3) is 0 Å². The van der Waals surface area contributed by atoms with E-state index in [9.17, 15) is 0 Å². The molecule has 2 heterocycles. The molecule has 0 amide bonds. The first-order valence-corrected chi connectivity index (χ1v) is 9.35. The second-order valence-electron chi connectivity index (χ2n) is 7.30. The third-order valence-electron chi connectivity index (χ3n) is 5.33. The first kappa shape index (κ1) is 15.1. The van der Waals surface area contributed by atoms with E-state index in [1.54, 1.807) is 10.7 Å². The average Bonchev–Trinajstić information content (AvgIpc) is 3.19. The maximum Gasteiger partial charge on any atom is 0.198 e. The number of rotatable bonds is 5. The summed E-state index contributed by atoms with van der Waals surface area (Å²) in [5, 5.41) is 17.1. The van der Waals surface area contributed by atoms with Gasteiger partial charge < -0.3 is 5.32 Å². The second-order valence-corrected chi connectivity index (χ2v) is 7.67. The smallest absolute Gasteiger partial charge is 0.198 e. The highest BCUT2D eigenvalue weighted by Gasteiger charge is 2.25. The highest BCUT2D eigenvalue weighted by Crippen LogP contribution is 2.33. The number of hydrogen-bond donors (Lipinski definition) is 1. The minimum atomic E-state index is 0.591. The monoisotopic (exact) mass is 353 g/mol. The van der Waals surface area contributed by atoms with E-state index in [-0.39, 0.29) is 0 Å². The number of hydrogen-bond acceptors (Lipinski definition) is 4. The fourth-order valence-corrected chi connectivity index (χ4v) is 3.98. The topological polar surface area (TPSA) is 55.1 Å². The molecule has 0 spiro atoms. The van der Waals surface area contributed by atoms with Gasteiger partial charge in [0.15, 0.2) is 11.5 Å². The van der Waals surface area contributed by atoms with Crippen LogP contribution in [0.4, 0.5) is 5.69 Å². The van der Waals surface area contributed by atoms with Gasteiger partial charge in [0.05, 0.1) is 11.9 Å². The second kappa shape index (κ2) is 5.99. The van der Waals surface area contributed by atoms with Crippen molar-refractivity contribution in [1.29, 1.82) is 0 Å². The molecule has 5 nitrogen and oxygen atoms in total. The van der Waals surface area contributed by atoms with Gasteiger partial charge >= 0.3 is 0 Å². The Hall–Kier alpha value is -2.14. The molecule has 2 aromatic heterocycles. The Kier molecular flexibility index (Phi) is 3.63. The van der Waals surface area contributed by atoms with Crippen LogP contribution in [0, 0.1) is 11.8 Å². The van der Waals surface area contributed by atoms with E-state index in [4.69, 9.17) is 11.6 Å². The van der Waals surface area contributed by atoms with Crippen molar-refractivity contribution in [1.82, 2.24) is 19.8 Å². The molecular formula is C19H20ClN5. The fourth-order valence-electron chi connectivity index (χ4n) is 3.74. The Morgan fingerprint density at radius 3 is 2.56 bits per heavy atom. The van der Waals surface area contributed by atoms with Crippen LogP contribution in [0.3, 0.4) is 0 Å². The van der Waals surface area contributed by atoms with Crippen LogP contribution in [0.2, 0.25) is 5.02 Å². The van der Waals surface area contributed by atoms with Gasteiger partial charge in [-0.15, -0.1) is 10.2 Å². The van der Waals surface area contributed by atoms with E-state index < -0.39 is 0 Å². The van der Waals surface area contributed by atoms with E-state index in [0.29, 0.717) is 16.6 Å². The predicted octanol–water partition coefficient (Wildman–Crippen LogP) is 3.56. The van der Waals surface area contributed by atoms with Crippen molar-refractivity contribution < 1.29 is 0 Å². The number of aromatic nitrogens is 4. The zero-order chi connectivity index (χ0) is 16.8. The lowest BCUT2D eigenvalue weighted by molar-refractivity contribution is 0.593. The van der Waals surface area contributed by atoms with Crippen molar-refractivity contribution in [3.8, 4) is 0 Å². The van der Waals surface area contributed by atoms with E-state index in [1.807, 2.05) is 0 Å². The first-order chi connectivity index (χ1) is 12.3. The van der Waals surface area contributed by atoms with E-state index in [2.05, 4.69) is 44.9 Å². The molecule has 1 aromatic carbocycles. The molecule has 1 fully saturated rings. The van der Waals surface area contributed by atoms with Crippen LogP contribution >= 0.6 is 11.6 Å². The largest absolute Gasteiger partial charge is 0.382 e. The first-order valence-electron chi connectivity index (χ1n) is 8.97. The van der Waals surface area contributed by atoms with Crippen LogP contribution in [0.5, 0.6) is 0 Å². The van der Waals surface area contributed by atoms with Crippen molar-refractivity contribution in [2.75, 3.05) is 11.9 Å². The summed E-state index contributed by atoms with van der Waals surface area (Å²) in [6, 6.07) is 8.70. The van der Waals surface area contributed by atoms with Crippen LogP contribution in [0.25, 0.3) is 5.65 Å². The standard InChI is InChI=1S/C19H20ClN5/c20-18-16(21-10-13-7-14-3-1-2-4-15(14)8-13)11-22-25-17(9-12-5-6-12)23-24-19(18)25/h1-4,11-13,21H,5-10H2. The summed E-state index contributed by atoms with van der Waals surface area (Å²) in [4.78, 5) is 0. The van der Waals surface area contributed by atoms with Crippen molar-refractivity contribution in [3.63, 3.8) is 0 Å². The minimum Gasteiger partial charge on any atom is -0.382 e. The highest BCUT2D eigenvalue weighted by molar-refractivity contribution is 6.36. The molecule has 128 valence electrons. The summed E-state index contributed by atoms with van der Waals surface area (Å²) in [5.74, 6) is 2.25. The van der Waals surface area contributed by atoms with Crippen molar-refractivity contribution in [2.45, 2.75) is 32.1 Å². The summed E-state index contributed by atoms with van der Waals surface area (Å²) < 4.78 is 1.79. The Morgan fingerprint density at radius 2 is 1.84 bits per heavy atom. The third-order valence-corrected chi connectivity index (χ3v) is 5.70. The number of benzene rings is 1. The lowest BCUT2D eigenvalue weighted by Gasteiger charge is -2.13. The molecule has 0 atom stereocenters. The Bertz CT molecular complexity index is 906. The van der Waals surface area contributed by atoms with Crippen LogP contribution in [0.15, 0.2) is 30.5 Å². The predicted molar refractivity (Wildman–Crippen MR) is 98.0 cm³/mol. The average molecular weight is 354 g/mol. The Morgan fingerprint density at radius 1 is 1.08 bits per heavy atom. The molecule has 3 aromatic rings. The third kappa shape index (κ3) is 2.86. The van der Waals surface area contributed by atoms with Crippen LogP contribution in [0.1, 0.15) is 29.8 Å². The van der Waals surface area contributed by atoms with Crippen LogP contribution < -0.4 is 5.32 Å². The quantitative estimate of drug-likeness (QED) is 0.762. The van der Waals surface area contributed by atoms with E-state index in [1.165, 1.54) is 24.0 Å². The van der Waals surface area contributed by atoms with E-state index in [0.717, 1.165) is 43.2 Å². The van der Waals surface area contributed by atoms with Gasteiger partial charge in [0.1, 0.15) is 5.02 Å². The van der Waals surface area contributed by atoms with Crippen molar-refractivity contribution >= 4 is 22.9 Å². The molecule has 0 unspecified atom stereocenters. The maximum atomic E-state index is 6.56. The molecule has 6 heteroatoms. The van der Waals surface area contributed by atoms with Gasteiger partial charge in [-0.3, -0.25) is 0 Å². The van der Waals surface area contributed by atoms with Crippen LogP contribution in [-0.2, 0) is 19.3 Å². The minimum absolute atomic E-state index is 0.591. The van der Waals surface area contributed by atoms with Gasteiger partial charge in [-0.2, -0.15) is 9.61 Å². The highest BCUT2D eigenvalue weighted by atomic mass is 35.5. The Balaban J connectivity index is 1.31. The normalized spacial score (nSPS) is 17.2. The summed E-state index contributed by atoms with van der Waals surface area (Å²) in [6.07, 6.45) is 7.55. The molecule has 5 rings (SSSR count). The summed E-state index contributed by atoms with van der Waals surface area (Å²) in [6.45, 7) is 0.884. The molecule has 0 radical (unpaired) electrons. The van der Waals surface area contributed by atoms with Gasteiger partial charge in [0.2, 0.25) is 0 Å². The van der Waals surface area contributed by atoms with Gasteiger partial charge in [-0.1, -0.05) is 35.9 Å². The summed E-state index contributed by atoms with van der Waals surface area (Å²) >= 11 is 6.56. The zero-order valence-electron chi connectivity index (χ0n) is 14.0. The summed E-state index contributed by atoms with van der Waals surface area (Å²) in [5.41, 5.74) is 4.43. The molecule has 2 aliphatic carbocycles. The van der Waals surface area contributed by atoms with E-state index >= 15 is 0 Å². The van der Waals surface area contributed by atoms with Crippen LogP contribution in [-0.4, -0.2) is 26.4 Å². The molecule has 1 saturated carbocycles.